The summed E-state index contributed by atoms with van der Waals surface area (Å²) in [5.41, 5.74) is 1.61. The molecule has 2 aromatic rings. The van der Waals surface area contributed by atoms with Gasteiger partial charge in [-0.15, -0.1) is 0 Å². The van der Waals surface area contributed by atoms with Gasteiger partial charge in [-0.3, -0.25) is 0 Å². The zero-order valence-corrected chi connectivity index (χ0v) is 12.2. The van der Waals surface area contributed by atoms with Crippen LogP contribution in [0.4, 0.5) is 0 Å². The zero-order chi connectivity index (χ0) is 14.4. The van der Waals surface area contributed by atoms with E-state index in [2.05, 4.69) is 16.9 Å². The largest absolute Gasteiger partial charge is 0.459 e. The van der Waals surface area contributed by atoms with Crippen LogP contribution in [0.25, 0.3) is 10.9 Å². The molecule has 4 heteroatoms. The Morgan fingerprint density at radius 2 is 2.00 bits per heavy atom. The van der Waals surface area contributed by atoms with Crippen LogP contribution in [0.1, 0.15) is 36.0 Å². The van der Waals surface area contributed by atoms with E-state index < -0.39 is 0 Å². The van der Waals surface area contributed by atoms with Crippen LogP contribution >= 0.6 is 0 Å². The molecule has 21 heavy (non-hydrogen) atoms. The fourth-order valence-electron chi connectivity index (χ4n) is 3.85. The monoisotopic (exact) mass is 284 g/mol. The first-order valence-corrected chi connectivity index (χ1v) is 7.71. The third-order valence-corrected chi connectivity index (χ3v) is 5.12. The van der Waals surface area contributed by atoms with Crippen LogP contribution in [-0.2, 0) is 4.74 Å². The summed E-state index contributed by atoms with van der Waals surface area (Å²) in [5, 5.41) is 1.11. The molecule has 2 saturated heterocycles. The number of aromatic nitrogens is 1. The molecule has 2 aliphatic heterocycles. The molecular weight excluding hydrogens is 264 g/mol. The van der Waals surface area contributed by atoms with Crippen molar-refractivity contribution in [1.82, 2.24) is 9.88 Å². The Hall–Kier alpha value is -1.81. The van der Waals surface area contributed by atoms with Crippen LogP contribution in [0.3, 0.4) is 0 Å². The standard InChI is InChI=1S/C17H20N2O2/c1-19-13-4-5-14(19)10-15(9-13)21-17(20)12-3-2-11-6-7-18-16(11)8-12/h2-3,6-8,13-15,18H,4-5,9-10H2,1H3/t13-,14+,15?. The molecule has 0 amide bonds. The van der Waals surface area contributed by atoms with Crippen molar-refractivity contribution in [3.63, 3.8) is 0 Å². The number of H-pyrrole nitrogens is 1. The van der Waals surface area contributed by atoms with Crippen LogP contribution in [0.15, 0.2) is 30.5 Å². The predicted octanol–water partition coefficient (Wildman–Crippen LogP) is 2.95. The number of ether oxygens (including phenoxy) is 1. The van der Waals surface area contributed by atoms with Gasteiger partial charge in [-0.05, 0) is 43.5 Å². The molecule has 1 aromatic heterocycles. The second-order valence-corrected chi connectivity index (χ2v) is 6.33. The summed E-state index contributed by atoms with van der Waals surface area (Å²) in [6.45, 7) is 0. The minimum absolute atomic E-state index is 0.0746. The highest BCUT2D eigenvalue weighted by Gasteiger charge is 2.39. The van der Waals surface area contributed by atoms with E-state index >= 15 is 0 Å². The fourth-order valence-corrected chi connectivity index (χ4v) is 3.85. The zero-order valence-electron chi connectivity index (χ0n) is 12.2. The van der Waals surface area contributed by atoms with Gasteiger partial charge in [0.2, 0.25) is 0 Å². The summed E-state index contributed by atoms with van der Waals surface area (Å²) >= 11 is 0. The number of carbonyl (C=O) groups excluding carboxylic acids is 1. The second kappa shape index (κ2) is 4.88. The molecule has 0 aliphatic carbocycles. The van der Waals surface area contributed by atoms with E-state index in [1.807, 2.05) is 30.5 Å². The molecular formula is C17H20N2O2. The number of piperidine rings is 1. The van der Waals surface area contributed by atoms with Crippen molar-refractivity contribution < 1.29 is 9.53 Å². The van der Waals surface area contributed by atoms with Crippen molar-refractivity contribution in [2.24, 2.45) is 0 Å². The molecule has 1 aromatic carbocycles. The number of hydrogen-bond donors (Lipinski definition) is 1. The first kappa shape index (κ1) is 12.9. The average Bonchev–Trinajstić information content (AvgIpc) is 3.01. The first-order chi connectivity index (χ1) is 10.2. The highest BCUT2D eigenvalue weighted by Crippen LogP contribution is 2.35. The van der Waals surface area contributed by atoms with Gasteiger partial charge in [-0.1, -0.05) is 6.07 Å². The minimum atomic E-state index is -0.194. The Morgan fingerprint density at radius 3 is 2.76 bits per heavy atom. The van der Waals surface area contributed by atoms with Gasteiger partial charge in [-0.2, -0.15) is 0 Å². The number of fused-ring (bicyclic) bond motifs is 3. The molecule has 0 saturated carbocycles. The van der Waals surface area contributed by atoms with E-state index in [0.29, 0.717) is 17.6 Å². The number of rotatable bonds is 2. The van der Waals surface area contributed by atoms with Crippen molar-refractivity contribution in [2.75, 3.05) is 7.05 Å². The number of carbonyl (C=O) groups is 1. The second-order valence-electron chi connectivity index (χ2n) is 6.33. The first-order valence-electron chi connectivity index (χ1n) is 7.71. The van der Waals surface area contributed by atoms with E-state index in [1.165, 1.54) is 12.8 Å². The van der Waals surface area contributed by atoms with E-state index in [9.17, 15) is 4.79 Å². The molecule has 110 valence electrons. The van der Waals surface area contributed by atoms with Crippen LogP contribution in [0, 0.1) is 0 Å². The van der Waals surface area contributed by atoms with Crippen molar-refractivity contribution in [3.05, 3.63) is 36.0 Å². The van der Waals surface area contributed by atoms with Gasteiger partial charge in [-0.25, -0.2) is 4.79 Å². The van der Waals surface area contributed by atoms with Crippen molar-refractivity contribution in [1.29, 1.82) is 0 Å². The van der Waals surface area contributed by atoms with Gasteiger partial charge < -0.3 is 14.6 Å². The number of esters is 1. The highest BCUT2D eigenvalue weighted by molar-refractivity contribution is 5.94. The number of nitrogens with one attached hydrogen (secondary N) is 1. The Bertz CT molecular complexity index is 664. The maximum atomic E-state index is 12.3. The summed E-state index contributed by atoms with van der Waals surface area (Å²) in [5.74, 6) is -0.194. The summed E-state index contributed by atoms with van der Waals surface area (Å²) in [6.07, 6.45) is 6.39. The van der Waals surface area contributed by atoms with Gasteiger partial charge in [0.1, 0.15) is 6.10 Å². The lowest BCUT2D eigenvalue weighted by Crippen LogP contribution is -2.43. The third kappa shape index (κ3) is 2.23. The van der Waals surface area contributed by atoms with Crippen LogP contribution in [0.5, 0.6) is 0 Å². The van der Waals surface area contributed by atoms with Crippen LogP contribution < -0.4 is 0 Å². The van der Waals surface area contributed by atoms with Gasteiger partial charge in [0.15, 0.2) is 0 Å². The Kier molecular flexibility index (Phi) is 3.00. The summed E-state index contributed by atoms with van der Waals surface area (Å²) in [6, 6.07) is 8.86. The summed E-state index contributed by atoms with van der Waals surface area (Å²) in [4.78, 5) is 17.9. The molecule has 1 unspecified atom stereocenters. The van der Waals surface area contributed by atoms with E-state index in [0.717, 1.165) is 23.7 Å². The molecule has 2 bridgehead atoms. The lowest BCUT2D eigenvalue weighted by atomic mass is 10.0. The van der Waals surface area contributed by atoms with Crippen LogP contribution in [-0.4, -0.2) is 41.1 Å². The average molecular weight is 284 g/mol. The molecule has 2 fully saturated rings. The SMILES string of the molecule is CN1[C@@H]2CC[C@H]1CC(OC(=O)c1ccc3cc[nH]c3c1)C2. The maximum absolute atomic E-state index is 12.3. The van der Waals surface area contributed by atoms with Crippen molar-refractivity contribution in [3.8, 4) is 0 Å². The minimum Gasteiger partial charge on any atom is -0.459 e. The van der Waals surface area contributed by atoms with E-state index in [1.54, 1.807) is 0 Å². The molecule has 3 heterocycles. The Balaban J connectivity index is 1.48. The van der Waals surface area contributed by atoms with Crippen LogP contribution in [0.2, 0.25) is 0 Å². The summed E-state index contributed by atoms with van der Waals surface area (Å²) < 4.78 is 5.75. The molecule has 2 aliphatic rings. The smallest absolute Gasteiger partial charge is 0.338 e. The third-order valence-electron chi connectivity index (χ3n) is 5.12. The van der Waals surface area contributed by atoms with Gasteiger partial charge >= 0.3 is 5.97 Å². The number of hydrogen-bond acceptors (Lipinski definition) is 3. The van der Waals surface area contributed by atoms with Gasteiger partial charge in [0, 0.05) is 36.6 Å². The van der Waals surface area contributed by atoms with Crippen molar-refractivity contribution in [2.45, 2.75) is 43.9 Å². The maximum Gasteiger partial charge on any atom is 0.338 e. The fraction of sp³-hybridized carbons (Fsp3) is 0.471. The molecule has 4 nitrogen and oxygen atoms in total. The van der Waals surface area contributed by atoms with E-state index in [-0.39, 0.29) is 12.1 Å². The predicted molar refractivity (Wildman–Crippen MR) is 81.3 cm³/mol. The lowest BCUT2D eigenvalue weighted by Gasteiger charge is -2.35. The van der Waals surface area contributed by atoms with Gasteiger partial charge in [0.05, 0.1) is 5.56 Å². The van der Waals surface area contributed by atoms with E-state index in [4.69, 9.17) is 4.74 Å². The molecule has 0 radical (unpaired) electrons. The highest BCUT2D eigenvalue weighted by atomic mass is 16.5. The lowest BCUT2D eigenvalue weighted by molar-refractivity contribution is -0.000435. The molecule has 4 rings (SSSR count). The molecule has 3 atom stereocenters. The topological polar surface area (TPSA) is 45.3 Å². The summed E-state index contributed by atoms with van der Waals surface area (Å²) in [7, 11) is 2.19. The Morgan fingerprint density at radius 1 is 1.24 bits per heavy atom. The number of benzene rings is 1. The Labute approximate surface area is 124 Å². The normalized spacial score (nSPS) is 28.9. The van der Waals surface area contributed by atoms with Gasteiger partial charge in [0.25, 0.3) is 0 Å². The number of aromatic amines is 1. The molecule has 1 N–H and O–H groups in total. The molecule has 0 spiro atoms. The number of nitrogens with zero attached hydrogens (tertiary/aromatic N) is 1. The van der Waals surface area contributed by atoms with Crippen molar-refractivity contribution >= 4 is 16.9 Å². The quantitative estimate of drug-likeness (QED) is 0.862.